The van der Waals surface area contributed by atoms with Gasteiger partial charge in [-0.1, -0.05) is 0 Å². The Kier molecular flexibility index (Phi) is 2.98. The van der Waals surface area contributed by atoms with E-state index < -0.39 is 0 Å². The van der Waals surface area contributed by atoms with Gasteiger partial charge < -0.3 is 10.6 Å². The fraction of sp³-hybridized carbons (Fsp3) is 0.684. The van der Waals surface area contributed by atoms with Crippen molar-refractivity contribution in [2.75, 3.05) is 5.32 Å². The molecular formula is C19H25N3O. The summed E-state index contributed by atoms with van der Waals surface area (Å²) in [4.78, 5) is 17.2. The SMILES string of the molecule is O=C(NC12CC3CC(CC(C3)C1)C2)c1ccnc(NC2CC2)c1. The number of carbonyl (C=O) groups is 1. The van der Waals surface area contributed by atoms with Crippen molar-refractivity contribution in [1.29, 1.82) is 0 Å². The molecule has 0 aliphatic heterocycles. The molecule has 1 amide bonds. The van der Waals surface area contributed by atoms with Gasteiger partial charge in [0.2, 0.25) is 0 Å². The Labute approximate surface area is 137 Å². The minimum Gasteiger partial charge on any atom is -0.367 e. The fourth-order valence-electron chi connectivity index (χ4n) is 5.66. The Morgan fingerprint density at radius 3 is 2.35 bits per heavy atom. The highest BCUT2D eigenvalue weighted by atomic mass is 16.1. The predicted molar refractivity (Wildman–Crippen MR) is 89.3 cm³/mol. The highest BCUT2D eigenvalue weighted by Crippen LogP contribution is 2.55. The molecule has 4 nitrogen and oxygen atoms in total. The summed E-state index contributed by atoms with van der Waals surface area (Å²) in [5.74, 6) is 3.49. The topological polar surface area (TPSA) is 54.0 Å². The van der Waals surface area contributed by atoms with Crippen LogP contribution in [-0.2, 0) is 0 Å². The minimum atomic E-state index is 0.0825. The van der Waals surface area contributed by atoms with Gasteiger partial charge in [-0.15, -0.1) is 0 Å². The van der Waals surface area contributed by atoms with E-state index in [4.69, 9.17) is 0 Å². The largest absolute Gasteiger partial charge is 0.367 e. The van der Waals surface area contributed by atoms with Crippen molar-refractivity contribution in [1.82, 2.24) is 10.3 Å². The van der Waals surface area contributed by atoms with Gasteiger partial charge in [-0.2, -0.15) is 0 Å². The summed E-state index contributed by atoms with van der Waals surface area (Å²) in [5.41, 5.74) is 0.832. The number of nitrogens with zero attached hydrogens (tertiary/aromatic N) is 1. The number of nitrogens with one attached hydrogen (secondary N) is 2. The van der Waals surface area contributed by atoms with Crippen molar-refractivity contribution in [3.63, 3.8) is 0 Å². The van der Waals surface area contributed by atoms with E-state index in [1.807, 2.05) is 12.1 Å². The Bertz CT molecular complexity index is 602. The van der Waals surface area contributed by atoms with Crippen LogP contribution >= 0.6 is 0 Å². The van der Waals surface area contributed by atoms with E-state index in [0.717, 1.165) is 29.1 Å². The summed E-state index contributed by atoms with van der Waals surface area (Å²) in [6, 6.07) is 4.31. The molecule has 0 saturated heterocycles. The van der Waals surface area contributed by atoms with Crippen molar-refractivity contribution in [3.8, 4) is 0 Å². The first-order chi connectivity index (χ1) is 11.2. The number of hydrogen-bond acceptors (Lipinski definition) is 3. The summed E-state index contributed by atoms with van der Waals surface area (Å²) in [6.45, 7) is 0. The third kappa shape index (κ3) is 2.62. The van der Waals surface area contributed by atoms with Gasteiger partial charge in [-0.05, 0) is 81.3 Å². The fourth-order valence-corrected chi connectivity index (χ4v) is 5.66. The summed E-state index contributed by atoms with van der Waals surface area (Å²) in [7, 11) is 0. The van der Waals surface area contributed by atoms with Gasteiger partial charge in [0, 0.05) is 23.3 Å². The zero-order valence-corrected chi connectivity index (χ0v) is 13.6. The van der Waals surface area contributed by atoms with E-state index in [1.54, 1.807) is 6.20 Å². The first kappa shape index (κ1) is 13.8. The van der Waals surface area contributed by atoms with E-state index in [-0.39, 0.29) is 11.4 Å². The Morgan fingerprint density at radius 1 is 1.09 bits per heavy atom. The Balaban J connectivity index is 1.33. The van der Waals surface area contributed by atoms with E-state index in [9.17, 15) is 4.79 Å². The molecule has 2 N–H and O–H groups in total. The number of anilines is 1. The van der Waals surface area contributed by atoms with Gasteiger partial charge in [-0.3, -0.25) is 4.79 Å². The number of amides is 1. The number of rotatable bonds is 4. The zero-order valence-electron chi connectivity index (χ0n) is 13.6. The minimum absolute atomic E-state index is 0.0825. The molecule has 6 rings (SSSR count). The summed E-state index contributed by atoms with van der Waals surface area (Å²) < 4.78 is 0. The van der Waals surface area contributed by atoms with Gasteiger partial charge >= 0.3 is 0 Å². The molecule has 4 heteroatoms. The lowest BCUT2D eigenvalue weighted by atomic mass is 9.53. The Morgan fingerprint density at radius 2 is 1.74 bits per heavy atom. The van der Waals surface area contributed by atoms with Crippen molar-refractivity contribution in [3.05, 3.63) is 23.9 Å². The normalized spacial score (nSPS) is 37.7. The van der Waals surface area contributed by atoms with Crippen LogP contribution in [0.1, 0.15) is 61.7 Å². The Hall–Kier alpha value is -1.58. The van der Waals surface area contributed by atoms with Crippen LogP contribution in [0.2, 0.25) is 0 Å². The van der Waals surface area contributed by atoms with Crippen LogP contribution in [0, 0.1) is 17.8 Å². The first-order valence-corrected chi connectivity index (χ1v) is 9.23. The van der Waals surface area contributed by atoms with Crippen LogP contribution < -0.4 is 10.6 Å². The van der Waals surface area contributed by atoms with Gasteiger partial charge in [0.1, 0.15) is 5.82 Å². The molecule has 1 heterocycles. The highest BCUT2D eigenvalue weighted by Gasteiger charge is 2.51. The second-order valence-corrected chi connectivity index (χ2v) is 8.50. The van der Waals surface area contributed by atoms with E-state index in [1.165, 1.54) is 51.4 Å². The molecule has 122 valence electrons. The average molecular weight is 311 g/mol. The highest BCUT2D eigenvalue weighted by molar-refractivity contribution is 5.95. The molecule has 0 atom stereocenters. The molecule has 0 radical (unpaired) electrons. The van der Waals surface area contributed by atoms with Crippen LogP contribution in [0.4, 0.5) is 5.82 Å². The van der Waals surface area contributed by atoms with E-state index in [2.05, 4.69) is 15.6 Å². The molecule has 0 aromatic carbocycles. The monoisotopic (exact) mass is 311 g/mol. The standard InChI is InChI=1S/C19H25N3O/c23-18(15-3-4-20-17(8-15)21-16-1-2-16)22-19-9-12-5-13(10-19)7-14(6-12)11-19/h3-4,8,12-14,16H,1-2,5-7,9-11H2,(H,20,21)(H,22,23). The zero-order chi connectivity index (χ0) is 15.4. The van der Waals surface area contributed by atoms with Crippen molar-refractivity contribution in [2.24, 2.45) is 17.8 Å². The second kappa shape index (κ2) is 4.96. The van der Waals surface area contributed by atoms with Crippen LogP contribution in [0.25, 0.3) is 0 Å². The van der Waals surface area contributed by atoms with Crippen molar-refractivity contribution >= 4 is 11.7 Å². The van der Waals surface area contributed by atoms with E-state index >= 15 is 0 Å². The molecule has 0 unspecified atom stereocenters. The molecule has 5 aliphatic rings. The lowest BCUT2D eigenvalue weighted by Crippen LogP contribution is -2.59. The smallest absolute Gasteiger partial charge is 0.251 e. The summed E-state index contributed by atoms with van der Waals surface area (Å²) in [5, 5.41) is 6.82. The van der Waals surface area contributed by atoms with Crippen LogP contribution in [0.5, 0.6) is 0 Å². The van der Waals surface area contributed by atoms with Gasteiger partial charge in [0.25, 0.3) is 5.91 Å². The summed E-state index contributed by atoms with van der Waals surface area (Å²) in [6.07, 6.45) is 12.0. The van der Waals surface area contributed by atoms with Crippen LogP contribution in [0.3, 0.4) is 0 Å². The molecule has 1 aromatic rings. The van der Waals surface area contributed by atoms with Crippen molar-refractivity contribution < 1.29 is 4.79 Å². The molecule has 0 spiro atoms. The second-order valence-electron chi connectivity index (χ2n) is 8.50. The first-order valence-electron chi connectivity index (χ1n) is 9.23. The molecule has 5 saturated carbocycles. The maximum atomic E-state index is 12.8. The number of hydrogen-bond donors (Lipinski definition) is 2. The maximum absolute atomic E-state index is 12.8. The van der Waals surface area contributed by atoms with E-state index in [0.29, 0.717) is 6.04 Å². The lowest BCUT2D eigenvalue weighted by Gasteiger charge is -2.56. The quantitative estimate of drug-likeness (QED) is 0.896. The molecule has 23 heavy (non-hydrogen) atoms. The van der Waals surface area contributed by atoms with Crippen molar-refractivity contribution in [2.45, 2.75) is 62.9 Å². The lowest BCUT2D eigenvalue weighted by molar-refractivity contribution is -0.0167. The molecule has 1 aromatic heterocycles. The van der Waals surface area contributed by atoms with Crippen LogP contribution in [-0.4, -0.2) is 22.5 Å². The molecule has 5 fully saturated rings. The number of pyridine rings is 1. The van der Waals surface area contributed by atoms with Gasteiger partial charge in [-0.25, -0.2) is 4.98 Å². The number of carbonyl (C=O) groups excluding carboxylic acids is 1. The molecule has 4 bridgehead atoms. The molecule has 5 aliphatic carbocycles. The van der Waals surface area contributed by atoms with Gasteiger partial charge in [0.15, 0.2) is 0 Å². The number of aromatic nitrogens is 1. The third-order valence-electron chi connectivity index (χ3n) is 6.37. The third-order valence-corrected chi connectivity index (χ3v) is 6.37. The van der Waals surface area contributed by atoms with Crippen LogP contribution in [0.15, 0.2) is 18.3 Å². The summed E-state index contributed by atoms with van der Waals surface area (Å²) >= 11 is 0. The predicted octanol–water partition coefficient (Wildman–Crippen LogP) is 3.35. The van der Waals surface area contributed by atoms with Gasteiger partial charge in [0.05, 0.1) is 0 Å². The maximum Gasteiger partial charge on any atom is 0.251 e. The molecular weight excluding hydrogens is 286 g/mol. The average Bonchev–Trinajstić information content (AvgIpc) is 3.29.